The quantitative estimate of drug-likeness (QED) is 0.610. The number of ether oxygens (including phenoxy) is 1. The third-order valence-electron chi connectivity index (χ3n) is 4.24. The molecule has 1 aromatic heterocycles. The molecule has 0 radical (unpaired) electrons. The summed E-state index contributed by atoms with van der Waals surface area (Å²) in [7, 11) is 1.51. The second-order valence-corrected chi connectivity index (χ2v) is 7.40. The topological polar surface area (TPSA) is 106 Å². The Morgan fingerprint density at radius 3 is 2.56 bits per heavy atom. The van der Waals surface area contributed by atoms with Crippen LogP contribution in [0.5, 0.6) is 0 Å². The summed E-state index contributed by atoms with van der Waals surface area (Å²) in [6.07, 6.45) is 1.44. The Balaban J connectivity index is 2.40. The number of amides is 1. The highest BCUT2D eigenvalue weighted by molar-refractivity contribution is 5.93. The molecule has 0 bridgehead atoms. The number of H-pyrrole nitrogens is 1. The molecule has 0 saturated heterocycles. The van der Waals surface area contributed by atoms with Gasteiger partial charge in [-0.1, -0.05) is 13.0 Å². The fourth-order valence-electron chi connectivity index (χ4n) is 2.92. The van der Waals surface area contributed by atoms with E-state index in [2.05, 4.69) is 4.98 Å². The highest BCUT2D eigenvalue weighted by Crippen LogP contribution is 2.30. The molecule has 27 heavy (non-hydrogen) atoms. The number of nitrogens with one attached hydrogen (secondary N) is 1. The number of likely N-dealkylation sites (N-methyl/N-ethyl adjacent to an activating group) is 1. The largest absolute Gasteiger partial charge is 0.444 e. The van der Waals surface area contributed by atoms with Gasteiger partial charge in [0.2, 0.25) is 0 Å². The molecule has 0 unspecified atom stereocenters. The summed E-state index contributed by atoms with van der Waals surface area (Å²) < 4.78 is 5.36. The van der Waals surface area contributed by atoms with Crippen LogP contribution in [0.2, 0.25) is 0 Å². The summed E-state index contributed by atoms with van der Waals surface area (Å²) in [5.74, 6) is -0.142. The predicted octanol–water partition coefficient (Wildman–Crippen LogP) is 3.83. The SMILES string of the molecule is CCC(=O)[C@@H](Cc1c[nH]c2cccc([N+](=O)[O-])c12)N(C)C(=O)OC(C)(C)C. The molecule has 0 aliphatic rings. The van der Waals surface area contributed by atoms with Gasteiger partial charge in [0.25, 0.3) is 5.69 Å². The van der Waals surface area contributed by atoms with Gasteiger partial charge in [0.05, 0.1) is 21.9 Å². The molecule has 1 atom stereocenters. The van der Waals surface area contributed by atoms with Crippen molar-refractivity contribution in [3.63, 3.8) is 0 Å². The molecule has 0 aliphatic carbocycles. The second-order valence-electron chi connectivity index (χ2n) is 7.40. The summed E-state index contributed by atoms with van der Waals surface area (Å²) in [5, 5.41) is 11.8. The van der Waals surface area contributed by atoms with E-state index in [9.17, 15) is 19.7 Å². The Labute approximate surface area is 157 Å². The molecule has 1 amide bonds. The van der Waals surface area contributed by atoms with Gasteiger partial charge in [0, 0.05) is 32.2 Å². The highest BCUT2D eigenvalue weighted by Gasteiger charge is 2.31. The van der Waals surface area contributed by atoms with Gasteiger partial charge in [0.15, 0.2) is 5.78 Å². The molecule has 0 fully saturated rings. The fraction of sp³-hybridized carbons (Fsp3) is 0.474. The number of aromatic amines is 1. The van der Waals surface area contributed by atoms with Crippen molar-refractivity contribution in [2.75, 3.05) is 7.05 Å². The van der Waals surface area contributed by atoms with Crippen LogP contribution < -0.4 is 0 Å². The molecule has 1 aromatic carbocycles. The zero-order valence-electron chi connectivity index (χ0n) is 16.2. The Morgan fingerprint density at radius 1 is 1.33 bits per heavy atom. The van der Waals surface area contributed by atoms with Crippen molar-refractivity contribution in [3.8, 4) is 0 Å². The van der Waals surface area contributed by atoms with Crippen LogP contribution in [-0.2, 0) is 16.0 Å². The van der Waals surface area contributed by atoms with Gasteiger partial charge in [-0.3, -0.25) is 14.9 Å². The lowest BCUT2D eigenvalue weighted by Gasteiger charge is -2.29. The van der Waals surface area contributed by atoms with Gasteiger partial charge in [-0.25, -0.2) is 4.79 Å². The van der Waals surface area contributed by atoms with Crippen molar-refractivity contribution in [2.24, 2.45) is 0 Å². The third kappa shape index (κ3) is 4.64. The zero-order chi connectivity index (χ0) is 20.4. The molecule has 1 heterocycles. The van der Waals surface area contributed by atoms with E-state index in [1.54, 1.807) is 46.0 Å². The number of nitro groups is 1. The maximum Gasteiger partial charge on any atom is 0.410 e. The van der Waals surface area contributed by atoms with Crippen LogP contribution in [0.4, 0.5) is 10.5 Å². The first-order chi connectivity index (χ1) is 12.5. The van der Waals surface area contributed by atoms with Gasteiger partial charge >= 0.3 is 6.09 Å². The van der Waals surface area contributed by atoms with Crippen LogP contribution in [0.3, 0.4) is 0 Å². The van der Waals surface area contributed by atoms with Gasteiger partial charge in [-0.2, -0.15) is 0 Å². The molecular weight excluding hydrogens is 350 g/mol. The standard InChI is InChI=1S/C19H25N3O5/c1-6-16(23)15(21(5)18(24)27-19(2,3)4)10-12-11-20-13-8-7-9-14(17(12)13)22(25)26/h7-9,11,15,20H,6,10H2,1-5H3/t15-/m1/s1. The van der Waals surface area contributed by atoms with Crippen molar-refractivity contribution >= 4 is 28.5 Å². The number of benzene rings is 1. The molecule has 8 heteroatoms. The lowest BCUT2D eigenvalue weighted by molar-refractivity contribution is -0.383. The number of ketones is 1. The minimum Gasteiger partial charge on any atom is -0.444 e. The number of hydrogen-bond donors (Lipinski definition) is 1. The van der Waals surface area contributed by atoms with Crippen LogP contribution in [-0.4, -0.2) is 45.4 Å². The van der Waals surface area contributed by atoms with E-state index >= 15 is 0 Å². The number of Topliss-reactive ketones (excluding diaryl/α,β-unsaturated/α-hetero) is 1. The summed E-state index contributed by atoms with van der Waals surface area (Å²) >= 11 is 0. The summed E-state index contributed by atoms with van der Waals surface area (Å²) in [4.78, 5) is 40.1. The monoisotopic (exact) mass is 375 g/mol. The average molecular weight is 375 g/mol. The van der Waals surface area contributed by atoms with Gasteiger partial charge in [-0.15, -0.1) is 0 Å². The zero-order valence-corrected chi connectivity index (χ0v) is 16.2. The van der Waals surface area contributed by atoms with E-state index in [4.69, 9.17) is 4.74 Å². The lowest BCUT2D eigenvalue weighted by Crippen LogP contribution is -2.45. The number of non-ortho nitro benzene ring substituents is 1. The van der Waals surface area contributed by atoms with Gasteiger partial charge in [-0.05, 0) is 32.4 Å². The van der Waals surface area contributed by atoms with E-state index in [1.807, 2.05) is 0 Å². The molecule has 0 spiro atoms. The first-order valence-corrected chi connectivity index (χ1v) is 8.77. The minimum absolute atomic E-state index is 0.0358. The van der Waals surface area contributed by atoms with Gasteiger partial charge < -0.3 is 14.6 Å². The number of nitrogens with zero attached hydrogens (tertiary/aromatic N) is 2. The van der Waals surface area contributed by atoms with E-state index in [-0.39, 0.29) is 24.3 Å². The summed E-state index contributed by atoms with van der Waals surface area (Å²) in [6, 6.07) is 3.99. The summed E-state index contributed by atoms with van der Waals surface area (Å²) in [6.45, 7) is 6.96. The Bertz CT molecular complexity index is 866. The van der Waals surface area contributed by atoms with E-state index in [0.29, 0.717) is 16.5 Å². The van der Waals surface area contributed by atoms with Crippen LogP contribution >= 0.6 is 0 Å². The van der Waals surface area contributed by atoms with Crippen molar-refractivity contribution < 1.29 is 19.2 Å². The number of aromatic nitrogens is 1. The van der Waals surface area contributed by atoms with Crippen LogP contribution in [0.15, 0.2) is 24.4 Å². The molecule has 0 saturated carbocycles. The van der Waals surface area contributed by atoms with Crippen molar-refractivity contribution in [3.05, 3.63) is 40.1 Å². The van der Waals surface area contributed by atoms with Crippen molar-refractivity contribution in [1.29, 1.82) is 0 Å². The van der Waals surface area contributed by atoms with Crippen molar-refractivity contribution in [2.45, 2.75) is 52.2 Å². The Kier molecular flexibility index (Phi) is 5.88. The third-order valence-corrected chi connectivity index (χ3v) is 4.24. The van der Waals surface area contributed by atoms with Crippen LogP contribution in [0.25, 0.3) is 10.9 Å². The second kappa shape index (κ2) is 7.77. The minimum atomic E-state index is -0.774. The lowest BCUT2D eigenvalue weighted by atomic mass is 9.99. The van der Waals surface area contributed by atoms with Crippen molar-refractivity contribution in [1.82, 2.24) is 9.88 Å². The Morgan fingerprint density at radius 2 is 2.00 bits per heavy atom. The maximum atomic E-state index is 12.5. The summed E-state index contributed by atoms with van der Waals surface area (Å²) in [5.41, 5.74) is 0.498. The molecule has 2 rings (SSSR count). The molecule has 1 N–H and O–H groups in total. The molecular formula is C19H25N3O5. The molecule has 146 valence electrons. The number of carbonyl (C=O) groups excluding carboxylic acids is 2. The first kappa shape index (κ1) is 20.4. The van der Waals surface area contributed by atoms with E-state index < -0.39 is 22.7 Å². The molecule has 2 aromatic rings. The van der Waals surface area contributed by atoms with Crippen LogP contribution in [0.1, 0.15) is 39.7 Å². The van der Waals surface area contributed by atoms with Crippen LogP contribution in [0, 0.1) is 10.1 Å². The van der Waals surface area contributed by atoms with Gasteiger partial charge in [0.1, 0.15) is 5.60 Å². The molecule has 8 nitrogen and oxygen atoms in total. The Hall–Kier alpha value is -2.90. The highest BCUT2D eigenvalue weighted by atomic mass is 16.6. The smallest absolute Gasteiger partial charge is 0.410 e. The molecule has 0 aliphatic heterocycles. The van der Waals surface area contributed by atoms with E-state index in [0.717, 1.165) is 0 Å². The first-order valence-electron chi connectivity index (χ1n) is 8.77. The predicted molar refractivity (Wildman–Crippen MR) is 102 cm³/mol. The fourth-order valence-corrected chi connectivity index (χ4v) is 2.92. The number of rotatable bonds is 6. The number of nitro benzene ring substituents is 1. The van der Waals surface area contributed by atoms with E-state index in [1.165, 1.54) is 18.0 Å². The average Bonchev–Trinajstić information content (AvgIpc) is 2.99. The number of fused-ring (bicyclic) bond motifs is 1. The normalized spacial score (nSPS) is 12.6. The maximum absolute atomic E-state index is 12.5. The number of carbonyl (C=O) groups is 2. The number of hydrogen-bond acceptors (Lipinski definition) is 5.